The van der Waals surface area contributed by atoms with Crippen molar-refractivity contribution >= 4 is 92.8 Å². The minimum Gasteiger partial charge on any atom is -0.311 e. The largest absolute Gasteiger partial charge is 0.311 e. The van der Waals surface area contributed by atoms with E-state index in [0.717, 1.165) is 0 Å². The number of para-hydroxylation sites is 4. The Hall–Kier alpha value is -8.75. The molecule has 11 aromatic carbocycles. The summed E-state index contributed by atoms with van der Waals surface area (Å²) in [6, 6.07) is 96.0. The van der Waals surface area contributed by atoms with Crippen molar-refractivity contribution in [2.75, 3.05) is 9.80 Å². The normalized spacial score (nSPS) is 15.4. The second kappa shape index (κ2) is 16.9. The zero-order valence-corrected chi connectivity index (χ0v) is 45.2. The Bertz CT molecular complexity index is 4290. The third-order valence-electron chi connectivity index (χ3n) is 17.2. The van der Waals surface area contributed by atoms with Crippen LogP contribution in [-0.4, -0.2) is 20.7 Å². The highest BCUT2D eigenvalue weighted by atomic mass is 28.3. The Morgan fingerprint density at radius 3 is 1.41 bits per heavy atom. The van der Waals surface area contributed by atoms with Crippen LogP contribution in [-0.2, 0) is 0 Å². The van der Waals surface area contributed by atoms with E-state index in [2.05, 4.69) is 295 Å². The van der Waals surface area contributed by atoms with Gasteiger partial charge in [-0.1, -0.05) is 196 Å². The fourth-order valence-corrected chi connectivity index (χ4v) is 19.4. The second-order valence-corrected chi connectivity index (χ2v) is 30.7. The number of hydrogen-bond donors (Lipinski definition) is 0. The van der Waals surface area contributed by atoms with Gasteiger partial charge in [0.1, 0.15) is 16.1 Å². The van der Waals surface area contributed by atoms with E-state index in [9.17, 15) is 0 Å². The molecule has 3 aliphatic rings. The van der Waals surface area contributed by atoms with Crippen molar-refractivity contribution in [1.29, 1.82) is 0 Å². The van der Waals surface area contributed by atoms with Gasteiger partial charge in [-0.2, -0.15) is 0 Å². The number of aromatic nitrogens is 1. The van der Waals surface area contributed by atoms with E-state index in [1.54, 1.807) is 0 Å². The molecule has 0 saturated heterocycles. The lowest BCUT2D eigenvalue weighted by Crippen LogP contribution is -2.62. The Morgan fingerprint density at radius 1 is 0.303 bits per heavy atom. The Morgan fingerprint density at radius 2 is 0.776 bits per heavy atom. The summed E-state index contributed by atoms with van der Waals surface area (Å²) in [6.07, 6.45) is 0. The number of hydrogen-bond acceptors (Lipinski definition) is 2. The van der Waals surface area contributed by atoms with Gasteiger partial charge in [-0.25, -0.2) is 0 Å². The maximum atomic E-state index is 2.62. The molecule has 2 aliphatic heterocycles. The molecule has 15 rings (SSSR count). The van der Waals surface area contributed by atoms with E-state index in [-0.39, 0.29) is 5.92 Å². The van der Waals surface area contributed by atoms with Crippen LogP contribution in [0.5, 0.6) is 0 Å². The predicted octanol–water partition coefficient (Wildman–Crippen LogP) is 16.5. The summed E-state index contributed by atoms with van der Waals surface area (Å²) in [5.41, 5.74) is 22.9. The molecule has 0 N–H and O–H groups in total. The van der Waals surface area contributed by atoms with E-state index in [4.69, 9.17) is 0 Å². The van der Waals surface area contributed by atoms with Gasteiger partial charge < -0.3 is 14.4 Å². The van der Waals surface area contributed by atoms with Crippen LogP contribution in [0.2, 0.25) is 26.2 Å². The van der Waals surface area contributed by atoms with E-state index in [0.29, 0.717) is 0 Å². The van der Waals surface area contributed by atoms with Gasteiger partial charge in [0.05, 0.1) is 11.0 Å². The average Bonchev–Trinajstić information content (AvgIpc) is 4.08. The van der Waals surface area contributed by atoms with Gasteiger partial charge in [-0.15, -0.1) is 0 Å². The van der Waals surface area contributed by atoms with Crippen molar-refractivity contribution in [3.63, 3.8) is 0 Å². The highest BCUT2D eigenvalue weighted by Gasteiger charge is 2.44. The van der Waals surface area contributed by atoms with E-state index in [1.807, 2.05) is 0 Å². The molecule has 0 amide bonds. The molecule has 0 bridgehead atoms. The first-order chi connectivity index (χ1) is 37.2. The standard InChI is InChI=1S/C71H55N3Si2/c1-75(2)67-29-17-15-27-63(67)73(53-37-31-47(32-38-53)50-35-41-58-59(43-50)55-23-11-12-25-57(55)71(58)49-19-7-5-8-20-49)65-45-70-66(46-69(65)75)74(64-28-16-18-30-68(64)76(70,3)4)54-39-33-48(34-40-54)51-36-42-62-60(44-51)56-24-13-14-26-61(56)72(62)52-21-9-6-10-22-52/h5-46,71H,1-4H3. The molecule has 362 valence electrons. The number of fused-ring (bicyclic) bond motifs is 10. The van der Waals surface area contributed by atoms with Gasteiger partial charge in [-0.05, 0) is 156 Å². The zero-order chi connectivity index (χ0) is 50.9. The second-order valence-electron chi connectivity index (χ2n) is 22.1. The van der Waals surface area contributed by atoms with Gasteiger partial charge in [0.15, 0.2) is 0 Å². The van der Waals surface area contributed by atoms with Crippen molar-refractivity contribution < 1.29 is 0 Å². The Labute approximate surface area is 447 Å². The lowest BCUT2D eigenvalue weighted by atomic mass is 9.89. The topological polar surface area (TPSA) is 11.4 Å². The lowest BCUT2D eigenvalue weighted by molar-refractivity contribution is 1.02. The minimum absolute atomic E-state index is 0.240. The molecule has 0 radical (unpaired) electrons. The maximum Gasteiger partial charge on any atom is 0.117 e. The van der Waals surface area contributed by atoms with Crippen LogP contribution in [0.4, 0.5) is 34.1 Å². The first-order valence-electron chi connectivity index (χ1n) is 26.8. The summed E-state index contributed by atoms with van der Waals surface area (Å²) in [4.78, 5) is 5.15. The average molecular weight is 1010 g/mol. The summed E-state index contributed by atoms with van der Waals surface area (Å²) in [5, 5.41) is 8.38. The van der Waals surface area contributed by atoms with Crippen molar-refractivity contribution in [3.8, 4) is 39.1 Å². The number of anilines is 6. The van der Waals surface area contributed by atoms with Crippen LogP contribution < -0.4 is 30.5 Å². The SMILES string of the molecule is C[Si]1(C)c2ccccc2N(c2ccc(-c3ccc4c(c3)-c3ccccc3C4c3ccccc3)cc2)c2cc3c(cc21)N(c1ccc(-c2ccc4c(c2)c2ccccc2n4-c2ccccc2)cc1)c1ccccc1[Si]3(C)C. The summed E-state index contributed by atoms with van der Waals surface area (Å²) in [7, 11) is -4.47. The molecule has 12 aromatic rings. The molecule has 0 fully saturated rings. The van der Waals surface area contributed by atoms with Gasteiger partial charge in [0, 0.05) is 56.5 Å². The summed E-state index contributed by atoms with van der Waals surface area (Å²) in [5.74, 6) is 0.240. The molecule has 0 spiro atoms. The third-order valence-corrected chi connectivity index (χ3v) is 24.3. The molecule has 1 unspecified atom stereocenters. The van der Waals surface area contributed by atoms with Crippen LogP contribution in [0.3, 0.4) is 0 Å². The molecule has 1 aromatic heterocycles. The Balaban J connectivity index is 0.825. The molecule has 1 atom stereocenters. The summed E-state index contributed by atoms with van der Waals surface area (Å²) in [6.45, 7) is 10.2. The van der Waals surface area contributed by atoms with E-state index < -0.39 is 16.1 Å². The molecule has 1 aliphatic carbocycles. The molecule has 5 heteroatoms. The highest BCUT2D eigenvalue weighted by molar-refractivity contribution is 7.04. The minimum atomic E-state index is -2.24. The maximum absolute atomic E-state index is 2.62. The van der Waals surface area contributed by atoms with Crippen molar-refractivity contribution in [2.45, 2.75) is 32.1 Å². The zero-order valence-electron chi connectivity index (χ0n) is 43.2. The number of nitrogens with zero attached hydrogens (tertiary/aromatic N) is 3. The van der Waals surface area contributed by atoms with Crippen molar-refractivity contribution in [1.82, 2.24) is 4.57 Å². The predicted molar refractivity (Wildman–Crippen MR) is 327 cm³/mol. The monoisotopic (exact) mass is 1010 g/mol. The van der Waals surface area contributed by atoms with Crippen molar-refractivity contribution in [3.05, 3.63) is 271 Å². The van der Waals surface area contributed by atoms with Crippen molar-refractivity contribution in [2.24, 2.45) is 0 Å². The fraction of sp³-hybridized carbons (Fsp3) is 0.0704. The van der Waals surface area contributed by atoms with Crippen LogP contribution >= 0.6 is 0 Å². The summed E-state index contributed by atoms with van der Waals surface area (Å²) < 4.78 is 2.39. The van der Waals surface area contributed by atoms with E-state index in [1.165, 1.54) is 132 Å². The molecular weight excluding hydrogens is 951 g/mol. The molecule has 3 heterocycles. The quantitative estimate of drug-likeness (QED) is 0.154. The first kappa shape index (κ1) is 44.7. The summed E-state index contributed by atoms with van der Waals surface area (Å²) >= 11 is 0. The Kier molecular flexibility index (Phi) is 9.94. The fourth-order valence-electron chi connectivity index (χ4n) is 13.4. The molecule has 0 saturated carbocycles. The first-order valence-corrected chi connectivity index (χ1v) is 32.8. The van der Waals surface area contributed by atoms with Crippen LogP contribution in [0.1, 0.15) is 22.6 Å². The van der Waals surface area contributed by atoms with Gasteiger partial charge in [-0.3, -0.25) is 0 Å². The van der Waals surface area contributed by atoms with Crippen LogP contribution in [0.15, 0.2) is 255 Å². The number of benzene rings is 11. The smallest absolute Gasteiger partial charge is 0.117 e. The van der Waals surface area contributed by atoms with Crippen LogP contribution in [0.25, 0.3) is 60.9 Å². The third kappa shape index (κ3) is 6.65. The van der Waals surface area contributed by atoms with Gasteiger partial charge >= 0.3 is 0 Å². The molecule has 3 nitrogen and oxygen atoms in total. The van der Waals surface area contributed by atoms with Gasteiger partial charge in [0.2, 0.25) is 0 Å². The van der Waals surface area contributed by atoms with E-state index >= 15 is 0 Å². The lowest BCUT2D eigenvalue weighted by Gasteiger charge is -2.46. The number of rotatable bonds is 6. The molecule has 76 heavy (non-hydrogen) atoms. The molecular formula is C71H55N3Si2. The highest BCUT2D eigenvalue weighted by Crippen LogP contribution is 2.50. The van der Waals surface area contributed by atoms with Gasteiger partial charge in [0.25, 0.3) is 0 Å². The van der Waals surface area contributed by atoms with Crippen LogP contribution in [0, 0.1) is 0 Å².